The Morgan fingerprint density at radius 1 is 1.32 bits per heavy atom. The van der Waals surface area contributed by atoms with Crippen LogP contribution >= 0.6 is 0 Å². The number of nitrogens with zero attached hydrogens (tertiary/aromatic N) is 1. The van der Waals surface area contributed by atoms with E-state index in [1.807, 2.05) is 20.8 Å². The lowest BCUT2D eigenvalue weighted by atomic mass is 9.96. The zero-order valence-electron chi connectivity index (χ0n) is 14.8. The molecule has 2 rings (SSSR count). The zero-order valence-corrected chi connectivity index (χ0v) is 14.8. The molecule has 0 fully saturated rings. The Balaban J connectivity index is 2.36. The number of aryl methyl sites for hydroxylation is 1. The molecule has 0 saturated heterocycles. The number of ether oxygens (including phenoxy) is 1. The Morgan fingerprint density at radius 2 is 2.00 bits per heavy atom. The molecule has 1 aromatic carbocycles. The number of carbonyl (C=O) groups is 1. The first-order chi connectivity index (χ1) is 11.7. The van der Waals surface area contributed by atoms with Crippen LogP contribution in [0.3, 0.4) is 0 Å². The van der Waals surface area contributed by atoms with Gasteiger partial charge in [-0.15, -0.1) is 0 Å². The van der Waals surface area contributed by atoms with Crippen LogP contribution in [0.4, 0.5) is 4.39 Å². The average molecular weight is 347 g/mol. The second-order valence-corrected chi connectivity index (χ2v) is 6.33. The van der Waals surface area contributed by atoms with Crippen LogP contribution in [0.1, 0.15) is 47.8 Å². The fourth-order valence-electron chi connectivity index (χ4n) is 2.69. The van der Waals surface area contributed by atoms with Crippen LogP contribution in [0.25, 0.3) is 0 Å². The monoisotopic (exact) mass is 347 g/mol. The van der Waals surface area contributed by atoms with E-state index >= 15 is 0 Å². The van der Waals surface area contributed by atoms with Crippen LogP contribution in [0.2, 0.25) is 0 Å². The summed E-state index contributed by atoms with van der Waals surface area (Å²) in [5.41, 5.74) is 3.30. The summed E-state index contributed by atoms with van der Waals surface area (Å²) in [5, 5.41) is 18.5. The standard InChI is InChI=1S/C19H22FNO4/c1-10(2)19-15(22)6-5-13(21-19)8-14-11(3)7-16(18(20)12(14)4)25-9-17(23)24/h5-7,10,22H,8-9H2,1-4H3,(H,23,24). The van der Waals surface area contributed by atoms with E-state index in [9.17, 15) is 14.3 Å². The molecule has 0 atom stereocenters. The van der Waals surface area contributed by atoms with E-state index < -0.39 is 18.4 Å². The molecule has 0 unspecified atom stereocenters. The van der Waals surface area contributed by atoms with Gasteiger partial charge in [-0.2, -0.15) is 0 Å². The van der Waals surface area contributed by atoms with Crippen LogP contribution in [0, 0.1) is 19.7 Å². The molecule has 1 heterocycles. The molecule has 5 nitrogen and oxygen atoms in total. The lowest BCUT2D eigenvalue weighted by Gasteiger charge is -2.15. The van der Waals surface area contributed by atoms with Crippen LogP contribution < -0.4 is 4.74 Å². The highest BCUT2D eigenvalue weighted by Gasteiger charge is 2.17. The minimum absolute atomic E-state index is 0.0670. The van der Waals surface area contributed by atoms with Crippen molar-refractivity contribution in [2.24, 2.45) is 0 Å². The summed E-state index contributed by atoms with van der Waals surface area (Å²) in [6.07, 6.45) is 0.411. The number of hydrogen-bond acceptors (Lipinski definition) is 4. The Bertz CT molecular complexity index is 802. The number of benzene rings is 1. The number of hydrogen-bond donors (Lipinski definition) is 2. The number of halogens is 1. The molecule has 1 aromatic heterocycles. The smallest absolute Gasteiger partial charge is 0.341 e. The van der Waals surface area contributed by atoms with Crippen molar-refractivity contribution in [3.63, 3.8) is 0 Å². The van der Waals surface area contributed by atoms with Gasteiger partial charge in [0.05, 0.1) is 5.69 Å². The van der Waals surface area contributed by atoms with Crippen molar-refractivity contribution in [3.8, 4) is 11.5 Å². The molecule has 0 radical (unpaired) electrons. The van der Waals surface area contributed by atoms with E-state index in [1.165, 1.54) is 6.07 Å². The van der Waals surface area contributed by atoms with Gasteiger partial charge in [0, 0.05) is 12.1 Å². The Hall–Kier alpha value is -2.63. The third-order valence-electron chi connectivity index (χ3n) is 4.04. The van der Waals surface area contributed by atoms with E-state index in [1.54, 1.807) is 19.1 Å². The second kappa shape index (κ2) is 7.51. The first kappa shape index (κ1) is 18.7. The van der Waals surface area contributed by atoms with E-state index in [2.05, 4.69) is 4.98 Å². The number of aromatic nitrogens is 1. The molecule has 0 aliphatic rings. The molecule has 2 aromatic rings. The zero-order chi connectivity index (χ0) is 18.7. The van der Waals surface area contributed by atoms with E-state index in [0.717, 1.165) is 16.8 Å². The summed E-state index contributed by atoms with van der Waals surface area (Å²) in [6, 6.07) is 4.82. The molecule has 0 spiro atoms. The number of aliphatic carboxylic acids is 1. The molecule has 0 aliphatic heterocycles. The maximum Gasteiger partial charge on any atom is 0.341 e. The lowest BCUT2D eigenvalue weighted by Crippen LogP contribution is -2.12. The fourth-order valence-corrected chi connectivity index (χ4v) is 2.69. The molecular formula is C19H22FNO4. The number of rotatable bonds is 6. The summed E-state index contributed by atoms with van der Waals surface area (Å²) in [6.45, 7) is 6.74. The van der Waals surface area contributed by atoms with Gasteiger partial charge in [-0.3, -0.25) is 4.98 Å². The normalized spacial score (nSPS) is 11.0. The molecular weight excluding hydrogens is 325 g/mol. The third kappa shape index (κ3) is 4.26. The average Bonchev–Trinajstić information content (AvgIpc) is 2.54. The van der Waals surface area contributed by atoms with Crippen LogP contribution in [-0.4, -0.2) is 27.8 Å². The molecule has 0 bridgehead atoms. The van der Waals surface area contributed by atoms with Crippen molar-refractivity contribution in [3.05, 3.63) is 52.1 Å². The third-order valence-corrected chi connectivity index (χ3v) is 4.04. The Labute approximate surface area is 146 Å². The lowest BCUT2D eigenvalue weighted by molar-refractivity contribution is -0.139. The van der Waals surface area contributed by atoms with Gasteiger partial charge in [-0.1, -0.05) is 13.8 Å². The molecule has 0 amide bonds. The minimum atomic E-state index is -1.16. The predicted molar refractivity (Wildman–Crippen MR) is 91.8 cm³/mol. The van der Waals surface area contributed by atoms with Crippen molar-refractivity contribution in [2.75, 3.05) is 6.61 Å². The quantitative estimate of drug-likeness (QED) is 0.832. The topological polar surface area (TPSA) is 79.7 Å². The molecule has 2 N–H and O–H groups in total. The van der Waals surface area contributed by atoms with Crippen molar-refractivity contribution < 1.29 is 24.1 Å². The number of carboxylic acid groups (broad SMARTS) is 1. The van der Waals surface area contributed by atoms with Crippen molar-refractivity contribution in [1.29, 1.82) is 0 Å². The first-order valence-electron chi connectivity index (χ1n) is 8.02. The summed E-state index contributed by atoms with van der Waals surface area (Å²) in [5.74, 6) is -1.57. The van der Waals surface area contributed by atoms with Crippen LogP contribution in [-0.2, 0) is 11.2 Å². The van der Waals surface area contributed by atoms with Crippen molar-refractivity contribution >= 4 is 5.97 Å². The van der Waals surface area contributed by atoms with E-state index in [-0.39, 0.29) is 17.4 Å². The SMILES string of the molecule is Cc1cc(OCC(=O)O)c(F)c(C)c1Cc1ccc(O)c(C(C)C)n1. The van der Waals surface area contributed by atoms with Gasteiger partial charge in [0.25, 0.3) is 0 Å². The maximum absolute atomic E-state index is 14.5. The van der Waals surface area contributed by atoms with E-state index in [0.29, 0.717) is 17.7 Å². The highest BCUT2D eigenvalue weighted by Crippen LogP contribution is 2.29. The number of pyridine rings is 1. The van der Waals surface area contributed by atoms with Crippen LogP contribution in [0.5, 0.6) is 11.5 Å². The predicted octanol–water partition coefficient (Wildman–Crippen LogP) is 3.72. The van der Waals surface area contributed by atoms with Gasteiger partial charge in [0.1, 0.15) is 5.75 Å². The van der Waals surface area contributed by atoms with Gasteiger partial charge in [-0.25, -0.2) is 9.18 Å². The Morgan fingerprint density at radius 3 is 2.60 bits per heavy atom. The Kier molecular flexibility index (Phi) is 5.62. The highest BCUT2D eigenvalue weighted by atomic mass is 19.1. The summed E-state index contributed by atoms with van der Waals surface area (Å²) in [4.78, 5) is 15.1. The second-order valence-electron chi connectivity index (χ2n) is 6.33. The maximum atomic E-state index is 14.5. The van der Waals surface area contributed by atoms with Gasteiger partial charge in [-0.05, 0) is 54.7 Å². The molecule has 0 saturated carbocycles. The molecule has 0 aliphatic carbocycles. The number of aromatic hydroxyl groups is 1. The molecule has 25 heavy (non-hydrogen) atoms. The summed E-state index contributed by atoms with van der Waals surface area (Å²) >= 11 is 0. The van der Waals surface area contributed by atoms with Crippen LogP contribution in [0.15, 0.2) is 18.2 Å². The minimum Gasteiger partial charge on any atom is -0.506 e. The highest BCUT2D eigenvalue weighted by molar-refractivity contribution is 5.68. The first-order valence-corrected chi connectivity index (χ1v) is 8.02. The van der Waals surface area contributed by atoms with Gasteiger partial charge in [0.2, 0.25) is 0 Å². The van der Waals surface area contributed by atoms with Gasteiger partial charge >= 0.3 is 5.97 Å². The molecule has 134 valence electrons. The number of carboxylic acids is 1. The largest absolute Gasteiger partial charge is 0.506 e. The van der Waals surface area contributed by atoms with E-state index in [4.69, 9.17) is 9.84 Å². The van der Waals surface area contributed by atoms with Crippen molar-refractivity contribution in [2.45, 2.75) is 40.0 Å². The fraction of sp³-hybridized carbons (Fsp3) is 0.368. The van der Waals surface area contributed by atoms with Gasteiger partial charge < -0.3 is 14.9 Å². The van der Waals surface area contributed by atoms with Crippen molar-refractivity contribution in [1.82, 2.24) is 4.98 Å². The summed E-state index contributed by atoms with van der Waals surface area (Å²) < 4.78 is 19.5. The molecule has 6 heteroatoms. The van der Waals surface area contributed by atoms with Gasteiger partial charge in [0.15, 0.2) is 18.2 Å². The summed E-state index contributed by atoms with van der Waals surface area (Å²) in [7, 11) is 0.